The van der Waals surface area contributed by atoms with Gasteiger partial charge in [-0.3, -0.25) is 16.0 Å². The average molecular weight is 311 g/mol. The molecule has 0 aliphatic heterocycles. The van der Waals surface area contributed by atoms with Crippen LogP contribution in [0.15, 0.2) is 29.2 Å². The number of aryl methyl sites for hydroxylation is 2. The van der Waals surface area contributed by atoms with E-state index in [0.29, 0.717) is 11.6 Å². The molecule has 0 amide bonds. The van der Waals surface area contributed by atoms with Crippen molar-refractivity contribution in [2.24, 2.45) is 12.9 Å². The summed E-state index contributed by atoms with van der Waals surface area (Å²) >= 11 is 8.00. The summed E-state index contributed by atoms with van der Waals surface area (Å²) in [5, 5.41) is 5.00. The zero-order chi connectivity index (χ0) is 14.7. The fourth-order valence-electron chi connectivity index (χ4n) is 2.22. The standard InChI is InChI=1S/C14H19ClN4S/c1-9-12(14(15)19(2)18-9)8-13(17-16)10-4-6-11(20-3)7-5-10/h4-7,13,17H,8,16H2,1-3H3. The second-order valence-electron chi connectivity index (χ2n) is 4.67. The normalized spacial score (nSPS) is 12.7. The van der Waals surface area contributed by atoms with Gasteiger partial charge < -0.3 is 0 Å². The van der Waals surface area contributed by atoms with Crippen LogP contribution in [0, 0.1) is 6.92 Å². The molecule has 2 rings (SSSR count). The molecule has 6 heteroatoms. The topological polar surface area (TPSA) is 55.9 Å². The Kier molecular flexibility index (Phi) is 5.10. The van der Waals surface area contributed by atoms with E-state index in [1.54, 1.807) is 16.4 Å². The summed E-state index contributed by atoms with van der Waals surface area (Å²) in [7, 11) is 1.84. The van der Waals surface area contributed by atoms with Crippen LogP contribution in [0.5, 0.6) is 0 Å². The van der Waals surface area contributed by atoms with Crippen LogP contribution in [0.4, 0.5) is 0 Å². The number of halogens is 1. The molecule has 0 saturated heterocycles. The molecule has 0 saturated carbocycles. The lowest BCUT2D eigenvalue weighted by Crippen LogP contribution is -2.29. The van der Waals surface area contributed by atoms with Gasteiger partial charge in [0.1, 0.15) is 5.15 Å². The minimum atomic E-state index is 0.0197. The number of aromatic nitrogens is 2. The van der Waals surface area contributed by atoms with E-state index in [9.17, 15) is 0 Å². The van der Waals surface area contributed by atoms with Gasteiger partial charge in [-0.25, -0.2) is 0 Å². The van der Waals surface area contributed by atoms with Gasteiger partial charge in [-0.1, -0.05) is 23.7 Å². The van der Waals surface area contributed by atoms with Crippen LogP contribution in [0.3, 0.4) is 0 Å². The third kappa shape index (κ3) is 3.17. The summed E-state index contributed by atoms with van der Waals surface area (Å²) in [6.07, 6.45) is 2.78. The number of benzene rings is 1. The second kappa shape index (κ2) is 6.63. The maximum Gasteiger partial charge on any atom is 0.130 e. The lowest BCUT2D eigenvalue weighted by molar-refractivity contribution is 0.550. The van der Waals surface area contributed by atoms with Crippen molar-refractivity contribution in [1.82, 2.24) is 15.2 Å². The van der Waals surface area contributed by atoms with Crippen molar-refractivity contribution < 1.29 is 0 Å². The van der Waals surface area contributed by atoms with E-state index in [1.165, 1.54) is 4.90 Å². The highest BCUT2D eigenvalue weighted by Crippen LogP contribution is 2.26. The molecule has 0 aliphatic rings. The third-order valence-corrected chi connectivity index (χ3v) is 4.61. The molecule has 1 aromatic heterocycles. The highest BCUT2D eigenvalue weighted by molar-refractivity contribution is 7.98. The van der Waals surface area contributed by atoms with Crippen LogP contribution in [-0.2, 0) is 13.5 Å². The first-order chi connectivity index (χ1) is 9.56. The Hall–Kier alpha value is -1.01. The molecule has 1 heterocycles. The van der Waals surface area contributed by atoms with Crippen molar-refractivity contribution in [3.8, 4) is 0 Å². The highest BCUT2D eigenvalue weighted by atomic mass is 35.5. The molecule has 1 atom stereocenters. The predicted molar refractivity (Wildman–Crippen MR) is 84.9 cm³/mol. The minimum absolute atomic E-state index is 0.0197. The van der Waals surface area contributed by atoms with Crippen molar-refractivity contribution in [3.05, 3.63) is 46.2 Å². The summed E-state index contributed by atoms with van der Waals surface area (Å²) in [4.78, 5) is 1.24. The van der Waals surface area contributed by atoms with Gasteiger partial charge >= 0.3 is 0 Å². The van der Waals surface area contributed by atoms with Crippen molar-refractivity contribution in [1.29, 1.82) is 0 Å². The van der Waals surface area contributed by atoms with E-state index in [4.69, 9.17) is 17.4 Å². The van der Waals surface area contributed by atoms with Crippen molar-refractivity contribution in [2.75, 3.05) is 6.26 Å². The van der Waals surface area contributed by atoms with Gasteiger partial charge in [0.15, 0.2) is 0 Å². The molecule has 0 spiro atoms. The molecule has 0 aliphatic carbocycles. The summed E-state index contributed by atoms with van der Waals surface area (Å²) in [6.45, 7) is 1.96. The second-order valence-corrected chi connectivity index (χ2v) is 5.91. The molecule has 1 unspecified atom stereocenters. The van der Waals surface area contributed by atoms with E-state index in [1.807, 2.05) is 14.0 Å². The first-order valence-electron chi connectivity index (χ1n) is 6.34. The Morgan fingerprint density at radius 1 is 1.40 bits per heavy atom. The molecule has 3 N–H and O–H groups in total. The van der Waals surface area contributed by atoms with Gasteiger partial charge in [-0.15, -0.1) is 11.8 Å². The summed E-state index contributed by atoms with van der Waals surface area (Å²) in [6, 6.07) is 8.40. The van der Waals surface area contributed by atoms with Crippen LogP contribution in [0.25, 0.3) is 0 Å². The molecule has 2 aromatic rings. The Labute approximate surface area is 128 Å². The van der Waals surface area contributed by atoms with Gasteiger partial charge in [0.25, 0.3) is 0 Å². The maximum absolute atomic E-state index is 6.28. The summed E-state index contributed by atoms with van der Waals surface area (Å²) in [5.41, 5.74) is 5.99. The van der Waals surface area contributed by atoms with Crippen molar-refractivity contribution in [3.63, 3.8) is 0 Å². The molecule has 0 bridgehead atoms. The monoisotopic (exact) mass is 310 g/mol. The number of nitrogens with two attached hydrogens (primary N) is 1. The SMILES string of the molecule is CSc1ccc(C(Cc2c(C)nn(C)c2Cl)NN)cc1. The van der Waals surface area contributed by atoms with Crippen molar-refractivity contribution in [2.45, 2.75) is 24.3 Å². The lowest BCUT2D eigenvalue weighted by atomic mass is 10.00. The molecular formula is C14H19ClN4S. The van der Waals surface area contributed by atoms with Crippen molar-refractivity contribution >= 4 is 23.4 Å². The molecule has 108 valence electrons. The van der Waals surface area contributed by atoms with Crippen LogP contribution in [-0.4, -0.2) is 16.0 Å². The van der Waals surface area contributed by atoms with Crippen LogP contribution in [0.1, 0.15) is 22.9 Å². The fraction of sp³-hybridized carbons (Fsp3) is 0.357. The number of hydrogen-bond acceptors (Lipinski definition) is 4. The number of nitrogens with zero attached hydrogens (tertiary/aromatic N) is 2. The molecule has 0 radical (unpaired) electrons. The summed E-state index contributed by atoms with van der Waals surface area (Å²) < 4.78 is 1.69. The van der Waals surface area contributed by atoms with E-state index < -0.39 is 0 Å². The van der Waals surface area contributed by atoms with Crippen LogP contribution < -0.4 is 11.3 Å². The van der Waals surface area contributed by atoms with Gasteiger partial charge in [-0.05, 0) is 37.3 Å². The Morgan fingerprint density at radius 2 is 2.05 bits per heavy atom. The van der Waals surface area contributed by atoms with E-state index >= 15 is 0 Å². The zero-order valence-corrected chi connectivity index (χ0v) is 13.4. The van der Waals surface area contributed by atoms with Gasteiger partial charge in [0.05, 0.1) is 11.7 Å². The third-order valence-electron chi connectivity index (χ3n) is 3.40. The molecule has 20 heavy (non-hydrogen) atoms. The lowest BCUT2D eigenvalue weighted by Gasteiger charge is -2.16. The maximum atomic E-state index is 6.28. The molecule has 4 nitrogen and oxygen atoms in total. The van der Waals surface area contributed by atoms with Gasteiger partial charge in [0.2, 0.25) is 0 Å². The zero-order valence-electron chi connectivity index (χ0n) is 11.9. The number of hydrazine groups is 1. The van der Waals surface area contributed by atoms with E-state index in [2.05, 4.69) is 41.0 Å². The van der Waals surface area contributed by atoms with E-state index in [0.717, 1.165) is 16.8 Å². The van der Waals surface area contributed by atoms with Crippen LogP contribution >= 0.6 is 23.4 Å². The molecular weight excluding hydrogens is 292 g/mol. The Morgan fingerprint density at radius 3 is 2.50 bits per heavy atom. The highest BCUT2D eigenvalue weighted by Gasteiger charge is 2.17. The number of hydrogen-bond donors (Lipinski definition) is 2. The summed E-state index contributed by atoms with van der Waals surface area (Å²) in [5.74, 6) is 5.70. The predicted octanol–water partition coefficient (Wildman–Crippen LogP) is 2.85. The first kappa shape index (κ1) is 15.4. The average Bonchev–Trinajstić information content (AvgIpc) is 2.70. The molecule has 0 fully saturated rings. The Bertz CT molecular complexity index is 580. The number of nitrogens with one attached hydrogen (secondary N) is 1. The fourth-order valence-corrected chi connectivity index (χ4v) is 2.88. The van der Waals surface area contributed by atoms with Gasteiger partial charge in [0, 0.05) is 17.5 Å². The van der Waals surface area contributed by atoms with E-state index in [-0.39, 0.29) is 6.04 Å². The number of thioether (sulfide) groups is 1. The smallest absolute Gasteiger partial charge is 0.130 e. The van der Waals surface area contributed by atoms with Gasteiger partial charge in [-0.2, -0.15) is 5.10 Å². The number of rotatable bonds is 5. The quantitative estimate of drug-likeness (QED) is 0.506. The minimum Gasteiger partial charge on any atom is -0.271 e. The van der Waals surface area contributed by atoms with Crippen LogP contribution in [0.2, 0.25) is 5.15 Å². The largest absolute Gasteiger partial charge is 0.271 e. The Balaban J connectivity index is 2.23. The first-order valence-corrected chi connectivity index (χ1v) is 7.95. The molecule has 1 aromatic carbocycles.